The topological polar surface area (TPSA) is 79.0 Å². The molecule has 1 amide bonds. The Balaban J connectivity index is 1.85. The van der Waals surface area contributed by atoms with Gasteiger partial charge in [-0.25, -0.2) is 13.6 Å². The zero-order valence-corrected chi connectivity index (χ0v) is 13.6. The molecule has 0 radical (unpaired) electrons. The van der Waals surface area contributed by atoms with Crippen molar-refractivity contribution < 1.29 is 23.4 Å². The number of benzene rings is 1. The molecule has 24 heavy (non-hydrogen) atoms. The van der Waals surface area contributed by atoms with E-state index in [0.29, 0.717) is 49.8 Å². The highest BCUT2D eigenvalue weighted by Gasteiger charge is 2.26. The van der Waals surface area contributed by atoms with E-state index in [1.165, 1.54) is 11.0 Å². The molecular weight excluding hydrogens is 320 g/mol. The van der Waals surface area contributed by atoms with Gasteiger partial charge in [0.25, 0.3) is 0 Å². The van der Waals surface area contributed by atoms with Crippen molar-refractivity contribution in [1.82, 2.24) is 9.80 Å². The van der Waals surface area contributed by atoms with Gasteiger partial charge in [0.05, 0.1) is 0 Å². The second kappa shape index (κ2) is 8.14. The van der Waals surface area contributed by atoms with Crippen LogP contribution < -0.4 is 10.5 Å². The van der Waals surface area contributed by atoms with Crippen LogP contribution in [-0.4, -0.2) is 66.3 Å². The first-order chi connectivity index (χ1) is 11.4. The molecule has 0 unspecified atom stereocenters. The number of anilines is 1. The molecule has 1 atom stereocenters. The van der Waals surface area contributed by atoms with Crippen molar-refractivity contribution in [2.45, 2.75) is 25.8 Å². The summed E-state index contributed by atoms with van der Waals surface area (Å²) in [4.78, 5) is 14.6. The molecule has 0 spiro atoms. The number of piperazine rings is 1. The van der Waals surface area contributed by atoms with E-state index in [2.05, 4.69) is 4.90 Å². The first kappa shape index (κ1) is 18.3. The molecule has 1 fully saturated rings. The SMILES string of the molecule is C[C@H]1CN(CCOc2ccc(N)cc2CC(F)F)CCN1C(=O)O. The highest BCUT2D eigenvalue weighted by atomic mass is 19.3. The molecule has 1 heterocycles. The Morgan fingerprint density at radius 3 is 2.83 bits per heavy atom. The number of carbonyl (C=O) groups is 1. The first-order valence-electron chi connectivity index (χ1n) is 7.88. The van der Waals surface area contributed by atoms with Crippen LogP contribution in [-0.2, 0) is 6.42 Å². The van der Waals surface area contributed by atoms with Crippen LogP contribution in [0.5, 0.6) is 5.75 Å². The third-order valence-electron chi connectivity index (χ3n) is 4.08. The van der Waals surface area contributed by atoms with Crippen molar-refractivity contribution >= 4 is 11.8 Å². The van der Waals surface area contributed by atoms with Crippen LogP contribution in [0.15, 0.2) is 18.2 Å². The van der Waals surface area contributed by atoms with Crippen LogP contribution in [0.4, 0.5) is 19.3 Å². The number of hydrogen-bond acceptors (Lipinski definition) is 4. The van der Waals surface area contributed by atoms with E-state index in [-0.39, 0.29) is 6.04 Å². The van der Waals surface area contributed by atoms with Crippen LogP contribution in [0.25, 0.3) is 0 Å². The van der Waals surface area contributed by atoms with Gasteiger partial charge in [-0.3, -0.25) is 4.90 Å². The number of rotatable bonds is 6. The molecule has 6 nitrogen and oxygen atoms in total. The summed E-state index contributed by atoms with van der Waals surface area (Å²) in [6, 6.07) is 4.66. The van der Waals surface area contributed by atoms with E-state index in [4.69, 9.17) is 15.6 Å². The summed E-state index contributed by atoms with van der Waals surface area (Å²) in [7, 11) is 0. The molecule has 0 bridgehead atoms. The number of hydrogen-bond donors (Lipinski definition) is 2. The van der Waals surface area contributed by atoms with E-state index in [9.17, 15) is 13.6 Å². The number of carboxylic acid groups (broad SMARTS) is 1. The van der Waals surface area contributed by atoms with E-state index >= 15 is 0 Å². The molecule has 1 aliphatic rings. The van der Waals surface area contributed by atoms with Gasteiger partial charge >= 0.3 is 6.09 Å². The maximum Gasteiger partial charge on any atom is 0.407 e. The fraction of sp³-hybridized carbons (Fsp3) is 0.562. The highest BCUT2D eigenvalue weighted by molar-refractivity contribution is 5.65. The Morgan fingerprint density at radius 1 is 1.46 bits per heavy atom. The monoisotopic (exact) mass is 343 g/mol. The average molecular weight is 343 g/mol. The minimum atomic E-state index is -2.46. The van der Waals surface area contributed by atoms with Crippen LogP contribution in [0.1, 0.15) is 12.5 Å². The van der Waals surface area contributed by atoms with E-state index < -0.39 is 18.9 Å². The molecule has 1 aliphatic heterocycles. The predicted molar refractivity (Wildman–Crippen MR) is 86.7 cm³/mol. The number of alkyl halides is 2. The standard InChI is InChI=1S/C16H23F2N3O3/c1-11-10-20(4-5-21(11)16(22)23)6-7-24-14-3-2-13(19)8-12(14)9-15(17)18/h2-3,8,11,15H,4-7,9-10,19H2,1H3,(H,22,23)/t11-/m0/s1. The fourth-order valence-electron chi connectivity index (χ4n) is 2.87. The Hall–Kier alpha value is -2.09. The summed E-state index contributed by atoms with van der Waals surface area (Å²) in [5.41, 5.74) is 6.46. The molecule has 1 saturated heterocycles. The van der Waals surface area contributed by atoms with Crippen LogP contribution in [0, 0.1) is 0 Å². The van der Waals surface area contributed by atoms with Gasteiger partial charge in [0.1, 0.15) is 12.4 Å². The van der Waals surface area contributed by atoms with Gasteiger partial charge < -0.3 is 20.5 Å². The van der Waals surface area contributed by atoms with E-state index in [1.807, 2.05) is 6.92 Å². The molecule has 0 aliphatic carbocycles. The number of nitrogen functional groups attached to an aromatic ring is 1. The van der Waals surface area contributed by atoms with Crippen molar-refractivity contribution in [2.24, 2.45) is 0 Å². The van der Waals surface area contributed by atoms with Crippen LogP contribution in [0.2, 0.25) is 0 Å². The number of nitrogens with zero attached hydrogens (tertiary/aromatic N) is 2. The normalized spacial score (nSPS) is 18.8. The second-order valence-electron chi connectivity index (χ2n) is 5.94. The molecule has 2 rings (SSSR count). The number of amides is 1. The Kier molecular flexibility index (Phi) is 6.19. The smallest absolute Gasteiger partial charge is 0.407 e. The molecule has 3 N–H and O–H groups in total. The second-order valence-corrected chi connectivity index (χ2v) is 5.94. The predicted octanol–water partition coefficient (Wildman–Crippen LogP) is 2.14. The van der Waals surface area contributed by atoms with Crippen LogP contribution >= 0.6 is 0 Å². The lowest BCUT2D eigenvalue weighted by molar-refractivity contribution is 0.0679. The fourth-order valence-corrected chi connectivity index (χ4v) is 2.87. The summed E-state index contributed by atoms with van der Waals surface area (Å²) < 4.78 is 30.9. The van der Waals surface area contributed by atoms with Gasteiger partial charge in [-0.05, 0) is 25.1 Å². The van der Waals surface area contributed by atoms with Gasteiger partial charge in [0.2, 0.25) is 6.43 Å². The van der Waals surface area contributed by atoms with Gasteiger partial charge in [-0.15, -0.1) is 0 Å². The van der Waals surface area contributed by atoms with E-state index in [0.717, 1.165) is 0 Å². The molecule has 134 valence electrons. The number of ether oxygens (including phenoxy) is 1. The Labute approximate surface area is 139 Å². The van der Waals surface area contributed by atoms with Gasteiger partial charge in [0.15, 0.2) is 0 Å². The van der Waals surface area contributed by atoms with Gasteiger partial charge in [-0.2, -0.15) is 0 Å². The summed E-state index contributed by atoms with van der Waals surface area (Å²) in [5.74, 6) is 0.418. The van der Waals surface area contributed by atoms with E-state index in [1.54, 1.807) is 12.1 Å². The minimum absolute atomic E-state index is 0.0813. The van der Waals surface area contributed by atoms with Crippen molar-refractivity contribution in [3.05, 3.63) is 23.8 Å². The Bertz CT molecular complexity index is 571. The summed E-state index contributed by atoms with van der Waals surface area (Å²) >= 11 is 0. The average Bonchev–Trinajstić information content (AvgIpc) is 2.48. The summed E-state index contributed by atoms with van der Waals surface area (Å²) in [6.07, 6.45) is -3.76. The number of halogens is 2. The molecular formula is C16H23F2N3O3. The zero-order valence-electron chi connectivity index (χ0n) is 13.6. The quantitative estimate of drug-likeness (QED) is 0.774. The maximum absolute atomic E-state index is 12.6. The lowest BCUT2D eigenvalue weighted by Crippen LogP contribution is -2.54. The van der Waals surface area contributed by atoms with Crippen molar-refractivity contribution in [3.8, 4) is 5.75 Å². The third kappa shape index (κ3) is 4.95. The molecule has 1 aromatic carbocycles. The Morgan fingerprint density at radius 2 is 2.21 bits per heavy atom. The largest absolute Gasteiger partial charge is 0.492 e. The van der Waals surface area contributed by atoms with Crippen molar-refractivity contribution in [2.75, 3.05) is 38.5 Å². The van der Waals surface area contributed by atoms with Crippen LogP contribution in [0.3, 0.4) is 0 Å². The first-order valence-corrected chi connectivity index (χ1v) is 7.88. The molecule has 0 saturated carbocycles. The molecule has 1 aromatic rings. The lowest BCUT2D eigenvalue weighted by atomic mass is 10.1. The maximum atomic E-state index is 12.6. The molecule has 0 aromatic heterocycles. The van der Waals surface area contributed by atoms with Gasteiger partial charge in [-0.1, -0.05) is 0 Å². The van der Waals surface area contributed by atoms with Crippen molar-refractivity contribution in [1.29, 1.82) is 0 Å². The summed E-state index contributed by atoms with van der Waals surface area (Å²) in [6.45, 7) is 4.53. The third-order valence-corrected chi connectivity index (χ3v) is 4.08. The minimum Gasteiger partial charge on any atom is -0.492 e. The highest BCUT2D eigenvalue weighted by Crippen LogP contribution is 2.24. The number of nitrogens with two attached hydrogens (primary N) is 1. The molecule has 8 heteroatoms. The summed E-state index contributed by atoms with van der Waals surface area (Å²) in [5, 5.41) is 9.06. The zero-order chi connectivity index (χ0) is 17.7. The lowest BCUT2D eigenvalue weighted by Gasteiger charge is -2.38. The van der Waals surface area contributed by atoms with Gasteiger partial charge in [0, 0.05) is 49.9 Å². The van der Waals surface area contributed by atoms with Crippen molar-refractivity contribution in [3.63, 3.8) is 0 Å².